The lowest BCUT2D eigenvalue weighted by molar-refractivity contribution is 0.689. The Morgan fingerprint density at radius 1 is 1.29 bits per heavy atom. The first-order valence-electron chi connectivity index (χ1n) is 5.71. The summed E-state index contributed by atoms with van der Waals surface area (Å²) in [5.41, 5.74) is 1.23. The summed E-state index contributed by atoms with van der Waals surface area (Å²) in [7, 11) is 1.95. The van der Waals surface area contributed by atoms with Gasteiger partial charge in [0.15, 0.2) is 5.82 Å². The lowest BCUT2D eigenvalue weighted by Crippen LogP contribution is -2.00. The number of aromatic nitrogens is 3. The molecule has 0 fully saturated rings. The molecule has 0 saturated carbocycles. The molecule has 0 saturated heterocycles. The second-order valence-electron chi connectivity index (χ2n) is 4.43. The van der Waals surface area contributed by atoms with E-state index in [1.54, 1.807) is 0 Å². The van der Waals surface area contributed by atoms with Gasteiger partial charge < -0.3 is 0 Å². The largest absolute Gasteiger partial charge is 0.253 e. The predicted octanol–water partition coefficient (Wildman–Crippen LogP) is 3.29. The van der Waals surface area contributed by atoms with Crippen LogP contribution in [0.15, 0.2) is 28.7 Å². The van der Waals surface area contributed by atoms with Crippen LogP contribution in [0, 0.1) is 0 Å². The molecule has 0 amide bonds. The molecule has 2 aromatic rings. The van der Waals surface area contributed by atoms with Crippen molar-refractivity contribution in [1.82, 2.24) is 14.8 Å². The molecular weight excluding hydrogens is 278 g/mol. The Bertz CT molecular complexity index is 517. The van der Waals surface area contributed by atoms with Gasteiger partial charge in [0.05, 0.1) is 0 Å². The van der Waals surface area contributed by atoms with Crippen molar-refractivity contribution in [1.29, 1.82) is 0 Å². The van der Waals surface area contributed by atoms with Crippen LogP contribution in [0.1, 0.15) is 37.0 Å². The molecule has 0 N–H and O–H groups in total. The van der Waals surface area contributed by atoms with Gasteiger partial charge in [0.2, 0.25) is 0 Å². The highest BCUT2D eigenvalue weighted by Crippen LogP contribution is 2.19. The fourth-order valence-electron chi connectivity index (χ4n) is 1.65. The first-order valence-corrected chi connectivity index (χ1v) is 6.50. The summed E-state index contributed by atoms with van der Waals surface area (Å²) in [6, 6.07) is 8.21. The van der Waals surface area contributed by atoms with Crippen LogP contribution in [-0.2, 0) is 13.5 Å². The molecule has 1 aromatic carbocycles. The van der Waals surface area contributed by atoms with Gasteiger partial charge in [-0.2, -0.15) is 5.10 Å². The van der Waals surface area contributed by atoms with Crippen LogP contribution in [-0.4, -0.2) is 14.8 Å². The van der Waals surface area contributed by atoms with E-state index in [-0.39, 0.29) is 0 Å². The van der Waals surface area contributed by atoms with Gasteiger partial charge in [-0.05, 0) is 11.6 Å². The standard InChI is InChI=1S/C13H16BrN3/c1-9(2)13-15-12(17(3)16-13)8-10-6-4-5-7-11(10)14/h4-7,9H,8H2,1-3H3. The lowest BCUT2D eigenvalue weighted by atomic mass is 10.1. The Kier molecular flexibility index (Phi) is 3.62. The monoisotopic (exact) mass is 293 g/mol. The highest BCUT2D eigenvalue weighted by Gasteiger charge is 2.11. The third-order valence-corrected chi connectivity index (χ3v) is 3.47. The van der Waals surface area contributed by atoms with E-state index in [0.29, 0.717) is 5.92 Å². The van der Waals surface area contributed by atoms with Gasteiger partial charge in [-0.1, -0.05) is 48.0 Å². The number of benzene rings is 1. The zero-order chi connectivity index (χ0) is 12.4. The van der Waals surface area contributed by atoms with Crippen molar-refractivity contribution >= 4 is 15.9 Å². The van der Waals surface area contributed by atoms with Crippen LogP contribution in [0.3, 0.4) is 0 Å². The zero-order valence-corrected chi connectivity index (χ0v) is 11.9. The highest BCUT2D eigenvalue weighted by molar-refractivity contribution is 9.10. The summed E-state index contributed by atoms with van der Waals surface area (Å²) in [4.78, 5) is 4.58. The Morgan fingerprint density at radius 2 is 2.00 bits per heavy atom. The van der Waals surface area contributed by atoms with Crippen molar-refractivity contribution in [2.75, 3.05) is 0 Å². The van der Waals surface area contributed by atoms with Gasteiger partial charge in [0, 0.05) is 23.9 Å². The molecule has 3 nitrogen and oxygen atoms in total. The Morgan fingerprint density at radius 3 is 2.59 bits per heavy atom. The van der Waals surface area contributed by atoms with Crippen molar-refractivity contribution in [3.05, 3.63) is 46.0 Å². The van der Waals surface area contributed by atoms with E-state index in [2.05, 4.69) is 52.0 Å². The minimum absolute atomic E-state index is 0.370. The second kappa shape index (κ2) is 5.00. The van der Waals surface area contributed by atoms with Crippen LogP contribution in [0.25, 0.3) is 0 Å². The third kappa shape index (κ3) is 2.75. The van der Waals surface area contributed by atoms with Crippen molar-refractivity contribution < 1.29 is 0 Å². The molecule has 17 heavy (non-hydrogen) atoms. The maximum atomic E-state index is 4.58. The summed E-state index contributed by atoms with van der Waals surface area (Å²) in [6.07, 6.45) is 0.803. The van der Waals surface area contributed by atoms with Gasteiger partial charge in [-0.25, -0.2) is 4.98 Å². The molecule has 90 valence electrons. The van der Waals surface area contributed by atoms with Gasteiger partial charge in [0.25, 0.3) is 0 Å². The first-order chi connectivity index (χ1) is 8.08. The quantitative estimate of drug-likeness (QED) is 0.869. The molecule has 1 heterocycles. The van der Waals surface area contributed by atoms with Crippen LogP contribution in [0.5, 0.6) is 0 Å². The topological polar surface area (TPSA) is 30.7 Å². The molecule has 0 atom stereocenters. The second-order valence-corrected chi connectivity index (χ2v) is 5.29. The van der Waals surface area contributed by atoms with Crippen molar-refractivity contribution in [2.45, 2.75) is 26.2 Å². The maximum absolute atomic E-state index is 4.58. The molecule has 0 aliphatic rings. The molecule has 0 radical (unpaired) electrons. The third-order valence-electron chi connectivity index (χ3n) is 2.69. The van der Waals surface area contributed by atoms with Crippen molar-refractivity contribution in [2.24, 2.45) is 7.05 Å². The van der Waals surface area contributed by atoms with E-state index >= 15 is 0 Å². The van der Waals surface area contributed by atoms with Gasteiger partial charge in [0.1, 0.15) is 5.82 Å². The molecule has 0 aliphatic heterocycles. The molecule has 1 aromatic heterocycles. The summed E-state index contributed by atoms with van der Waals surface area (Å²) in [5, 5.41) is 4.43. The summed E-state index contributed by atoms with van der Waals surface area (Å²) < 4.78 is 2.99. The summed E-state index contributed by atoms with van der Waals surface area (Å²) in [5.74, 6) is 2.28. The number of aryl methyl sites for hydroxylation is 1. The lowest BCUT2D eigenvalue weighted by Gasteiger charge is -2.02. The molecule has 0 unspecified atom stereocenters. The van der Waals surface area contributed by atoms with Gasteiger partial charge in [-0.3, -0.25) is 4.68 Å². The smallest absolute Gasteiger partial charge is 0.153 e. The minimum atomic E-state index is 0.370. The Balaban J connectivity index is 2.27. The summed E-state index contributed by atoms with van der Waals surface area (Å²) >= 11 is 3.56. The normalized spacial score (nSPS) is 11.1. The highest BCUT2D eigenvalue weighted by atomic mass is 79.9. The van der Waals surface area contributed by atoms with E-state index in [1.807, 2.05) is 23.9 Å². The van der Waals surface area contributed by atoms with Crippen LogP contribution in [0.4, 0.5) is 0 Å². The van der Waals surface area contributed by atoms with E-state index in [9.17, 15) is 0 Å². The predicted molar refractivity (Wildman–Crippen MR) is 72.0 cm³/mol. The van der Waals surface area contributed by atoms with Gasteiger partial charge in [-0.15, -0.1) is 0 Å². The van der Waals surface area contributed by atoms with E-state index in [1.165, 1.54) is 5.56 Å². The minimum Gasteiger partial charge on any atom is -0.253 e. The number of rotatable bonds is 3. The van der Waals surface area contributed by atoms with E-state index in [0.717, 1.165) is 22.5 Å². The molecule has 4 heteroatoms. The average molecular weight is 294 g/mol. The SMILES string of the molecule is CC(C)c1nc(Cc2ccccc2Br)n(C)n1. The number of hydrogen-bond donors (Lipinski definition) is 0. The fraction of sp³-hybridized carbons (Fsp3) is 0.385. The van der Waals surface area contributed by atoms with Crippen LogP contribution < -0.4 is 0 Å². The number of nitrogens with zero attached hydrogens (tertiary/aromatic N) is 3. The molecular formula is C13H16BrN3. The van der Waals surface area contributed by atoms with Crippen LogP contribution >= 0.6 is 15.9 Å². The average Bonchev–Trinajstić information content (AvgIpc) is 2.64. The molecule has 0 spiro atoms. The van der Waals surface area contributed by atoms with Crippen LogP contribution in [0.2, 0.25) is 0 Å². The fourth-order valence-corrected chi connectivity index (χ4v) is 2.07. The Labute approximate surface area is 110 Å². The maximum Gasteiger partial charge on any atom is 0.153 e. The molecule has 0 bridgehead atoms. The first kappa shape index (κ1) is 12.3. The zero-order valence-electron chi connectivity index (χ0n) is 10.3. The Hall–Kier alpha value is -1.16. The van der Waals surface area contributed by atoms with E-state index in [4.69, 9.17) is 0 Å². The number of halogens is 1. The molecule has 0 aliphatic carbocycles. The van der Waals surface area contributed by atoms with Gasteiger partial charge >= 0.3 is 0 Å². The molecule has 2 rings (SSSR count). The summed E-state index contributed by atoms with van der Waals surface area (Å²) in [6.45, 7) is 4.22. The van der Waals surface area contributed by atoms with Crippen molar-refractivity contribution in [3.8, 4) is 0 Å². The number of hydrogen-bond acceptors (Lipinski definition) is 2. The van der Waals surface area contributed by atoms with E-state index < -0.39 is 0 Å². The van der Waals surface area contributed by atoms with Crippen molar-refractivity contribution in [3.63, 3.8) is 0 Å².